The van der Waals surface area contributed by atoms with Crippen LogP contribution in [0.2, 0.25) is 0 Å². The predicted octanol–water partition coefficient (Wildman–Crippen LogP) is 6.99. The number of alkyl halides is 2. The minimum Gasteiger partial charge on any atom is -0.459 e. The summed E-state index contributed by atoms with van der Waals surface area (Å²) in [5.74, 6) is -6.68. The number of fused-ring (bicyclic) bond motifs is 6. The van der Waals surface area contributed by atoms with Crippen molar-refractivity contribution in [1.82, 2.24) is 0 Å². The second-order valence-corrected chi connectivity index (χ2v) is 23.6. The Kier molecular flexibility index (Phi) is 21.7. The molecular weight excluding hydrogens is 1170 g/mol. The Morgan fingerprint density at radius 3 is 1.21 bits per heavy atom. The average molecular weight is 1250 g/mol. The summed E-state index contributed by atoms with van der Waals surface area (Å²) in [7, 11) is 4.04. The second kappa shape index (κ2) is 28.7. The highest BCUT2D eigenvalue weighted by atomic mass is 19.1. The van der Waals surface area contributed by atoms with E-state index in [0.717, 1.165) is 7.11 Å². The standard InChI is InChI=1S/C36H31FO10.C14H23FO6.C14H24O7/c1-42-36-28(37)30(46-34(40)25-18-10-4-11-19-25)31(47-35(41)26-20-12-5-13-21-26)29(45-33(39)24-16-8-3-9-17-24)27(44-36)22-43-32(38)23-14-6-2-7-15-23;2*1-13(2)17-6-7-9(19-13)11-10(20-14(3,4)21-11)8(15)12(16-5)18-7/h2-21,27-31,36H,22H2,1H3;7-12H,6H2,1-5H3;7-12,15H,6H2,1-5H3/t27?,28-,29+,30?,31+,36+;7?,8-,9+,10?,11-,12+;7?,8?,9-,10?,11+,12-/m001/s1. The zero-order valence-electron chi connectivity index (χ0n) is 51.2. The number of carbonyl (C=O) groups excluding carboxylic acids is 4. The predicted molar refractivity (Wildman–Crippen MR) is 304 cm³/mol. The summed E-state index contributed by atoms with van der Waals surface area (Å²) in [6.07, 6.45) is -19.2. The van der Waals surface area contributed by atoms with E-state index in [1.807, 2.05) is 41.5 Å². The summed E-state index contributed by atoms with van der Waals surface area (Å²) in [6, 6.07) is 31.5. The molecule has 11 rings (SSSR count). The van der Waals surface area contributed by atoms with Crippen molar-refractivity contribution in [1.29, 1.82) is 0 Å². The lowest BCUT2D eigenvalue weighted by atomic mass is 10.00. The Morgan fingerprint density at radius 2 is 0.775 bits per heavy atom. The van der Waals surface area contributed by atoms with Gasteiger partial charge < -0.3 is 90.4 Å². The molecule has 0 saturated carbocycles. The van der Waals surface area contributed by atoms with Gasteiger partial charge in [0.25, 0.3) is 0 Å². The van der Waals surface area contributed by atoms with Crippen LogP contribution in [0.5, 0.6) is 0 Å². The highest BCUT2D eigenvalue weighted by Gasteiger charge is 2.61. The van der Waals surface area contributed by atoms with Gasteiger partial charge in [0, 0.05) is 21.3 Å². The van der Waals surface area contributed by atoms with Gasteiger partial charge in [0.1, 0.15) is 67.6 Å². The highest BCUT2D eigenvalue weighted by molar-refractivity contribution is 5.91. The highest BCUT2D eigenvalue weighted by Crippen LogP contribution is 2.44. The quantitative estimate of drug-likeness (QED) is 0.111. The molecule has 1 N–H and O–H groups in total. The topological polar surface area (TPSA) is 255 Å². The Hall–Kier alpha value is -5.98. The number of aliphatic hydroxyl groups is 1. The molecule has 0 spiro atoms. The van der Waals surface area contributed by atoms with Crippen molar-refractivity contribution in [3.05, 3.63) is 144 Å². The van der Waals surface area contributed by atoms with Crippen LogP contribution >= 0.6 is 0 Å². The van der Waals surface area contributed by atoms with Crippen LogP contribution in [0.25, 0.3) is 0 Å². The Labute approximate surface area is 514 Å². The van der Waals surface area contributed by atoms with E-state index in [0.29, 0.717) is 6.61 Å². The molecule has 0 amide bonds. The first-order chi connectivity index (χ1) is 42.3. The van der Waals surface area contributed by atoms with Crippen LogP contribution in [0.3, 0.4) is 0 Å². The van der Waals surface area contributed by atoms with Gasteiger partial charge in [0.05, 0.1) is 35.5 Å². The molecule has 25 heteroatoms. The van der Waals surface area contributed by atoms with E-state index in [1.165, 1.54) is 62.8 Å². The van der Waals surface area contributed by atoms with E-state index in [4.69, 9.17) is 85.3 Å². The van der Waals surface area contributed by atoms with Gasteiger partial charge in [0.2, 0.25) is 0 Å². The molecule has 7 unspecified atom stereocenters. The van der Waals surface area contributed by atoms with Crippen LogP contribution in [0, 0.1) is 0 Å². The molecule has 7 fully saturated rings. The number of aliphatic hydroxyl groups excluding tert-OH is 1. The van der Waals surface area contributed by atoms with Gasteiger partial charge in [-0.1, -0.05) is 72.8 Å². The van der Waals surface area contributed by atoms with E-state index < -0.39 is 158 Å². The molecular formula is C64H78F2O23. The Balaban J connectivity index is 0.000000183. The van der Waals surface area contributed by atoms with Gasteiger partial charge in [-0.3, -0.25) is 0 Å². The van der Waals surface area contributed by atoms with Crippen molar-refractivity contribution in [3.63, 3.8) is 0 Å². The van der Waals surface area contributed by atoms with Gasteiger partial charge in [0.15, 0.2) is 72.7 Å². The van der Waals surface area contributed by atoms with E-state index in [2.05, 4.69) is 0 Å². The molecule has 486 valence electrons. The van der Waals surface area contributed by atoms with Crippen molar-refractivity contribution >= 4 is 23.9 Å². The van der Waals surface area contributed by atoms with Crippen LogP contribution in [0.4, 0.5) is 8.78 Å². The summed E-state index contributed by atoms with van der Waals surface area (Å²) in [4.78, 5) is 53.1. The SMILES string of the molecule is CO[C@@H]1OC(COC(=O)c2ccccc2)[C@@H](OC(=O)c2ccccc2)[C@@H](OC(=O)c2ccccc2)C(OC(=O)c2ccccc2)[C@@H]1F.CO[C@@H]1OC2COC(C)(C)O[C@H]2[C@@H]2OC(C)(C)OC2C1O.CO[C@@H]1OC2COC(C)(C)O[C@H]2[C@@H]2OC(C)(C)OC2[C@@H]1F. The molecule has 4 aromatic rings. The van der Waals surface area contributed by atoms with E-state index in [1.54, 1.807) is 86.6 Å². The third kappa shape index (κ3) is 16.4. The fourth-order valence-electron chi connectivity index (χ4n) is 11.2. The van der Waals surface area contributed by atoms with Crippen molar-refractivity contribution in [2.75, 3.05) is 41.2 Å². The number of halogens is 2. The Bertz CT molecular complexity index is 2890. The molecule has 23 nitrogen and oxygen atoms in total. The van der Waals surface area contributed by atoms with Crippen LogP contribution in [-0.4, -0.2) is 204 Å². The van der Waals surface area contributed by atoms with Crippen LogP contribution in [-0.2, 0) is 85.3 Å². The van der Waals surface area contributed by atoms with Crippen molar-refractivity contribution in [2.24, 2.45) is 0 Å². The number of ether oxygens (including phenoxy) is 18. The lowest BCUT2D eigenvalue weighted by Crippen LogP contribution is -2.55. The second-order valence-electron chi connectivity index (χ2n) is 23.6. The third-order valence-corrected chi connectivity index (χ3v) is 15.3. The number of carbonyl (C=O) groups is 4. The summed E-state index contributed by atoms with van der Waals surface area (Å²) < 4.78 is 134. The minimum absolute atomic E-state index is 0.0816. The first-order valence-corrected chi connectivity index (χ1v) is 29.2. The molecule has 0 radical (unpaired) electrons. The first kappa shape index (κ1) is 67.4. The fraction of sp³-hybridized carbons (Fsp3) is 0.562. The molecule has 0 bridgehead atoms. The summed E-state index contributed by atoms with van der Waals surface area (Å²) in [5.41, 5.74) is 0.498. The molecule has 7 saturated heterocycles. The minimum atomic E-state index is -2.27. The van der Waals surface area contributed by atoms with Crippen LogP contribution < -0.4 is 0 Å². The zero-order chi connectivity index (χ0) is 64.0. The summed E-state index contributed by atoms with van der Waals surface area (Å²) in [6.45, 7) is 14.5. The molecule has 0 aliphatic carbocycles. The molecule has 7 heterocycles. The molecule has 0 aromatic heterocycles. The zero-order valence-corrected chi connectivity index (χ0v) is 51.2. The average Bonchev–Trinajstić information content (AvgIpc) is 1.83. The Morgan fingerprint density at radius 1 is 0.427 bits per heavy atom. The summed E-state index contributed by atoms with van der Waals surface area (Å²) in [5, 5.41) is 10.5. The normalized spacial score (nSPS) is 34.5. The number of esters is 4. The summed E-state index contributed by atoms with van der Waals surface area (Å²) >= 11 is 0. The number of benzene rings is 4. The largest absolute Gasteiger partial charge is 0.459 e. The van der Waals surface area contributed by atoms with E-state index in [-0.39, 0.29) is 35.0 Å². The maximum Gasteiger partial charge on any atom is 0.338 e. The number of methoxy groups -OCH3 is 3. The van der Waals surface area contributed by atoms with E-state index >= 15 is 4.39 Å². The van der Waals surface area contributed by atoms with E-state index in [9.17, 15) is 28.7 Å². The molecule has 18 atom stereocenters. The monoisotopic (exact) mass is 1250 g/mol. The van der Waals surface area contributed by atoms with Crippen LogP contribution in [0.15, 0.2) is 121 Å². The van der Waals surface area contributed by atoms with Gasteiger partial charge >= 0.3 is 23.9 Å². The van der Waals surface area contributed by atoms with Gasteiger partial charge in [-0.15, -0.1) is 0 Å². The molecule has 7 aliphatic rings. The molecule has 4 aromatic carbocycles. The smallest absolute Gasteiger partial charge is 0.338 e. The van der Waals surface area contributed by atoms with Crippen molar-refractivity contribution in [2.45, 2.75) is 189 Å². The number of hydrogen-bond donors (Lipinski definition) is 1. The fourth-order valence-corrected chi connectivity index (χ4v) is 11.2. The van der Waals surface area contributed by atoms with Crippen LogP contribution in [0.1, 0.15) is 96.8 Å². The first-order valence-electron chi connectivity index (χ1n) is 29.2. The van der Waals surface area contributed by atoms with Gasteiger partial charge in [-0.05, 0) is 104 Å². The number of hydrogen-bond acceptors (Lipinski definition) is 23. The molecule has 7 aliphatic heterocycles. The third-order valence-electron chi connectivity index (χ3n) is 15.3. The molecule has 89 heavy (non-hydrogen) atoms. The lowest BCUT2D eigenvalue weighted by Gasteiger charge is -2.42. The van der Waals surface area contributed by atoms with Crippen molar-refractivity contribution < 1.29 is 118 Å². The van der Waals surface area contributed by atoms with Crippen molar-refractivity contribution in [3.8, 4) is 0 Å². The number of rotatable bonds is 12. The maximum absolute atomic E-state index is 16.5. The van der Waals surface area contributed by atoms with Gasteiger partial charge in [-0.25, -0.2) is 28.0 Å². The lowest BCUT2D eigenvalue weighted by molar-refractivity contribution is -0.340. The maximum atomic E-state index is 16.5. The van der Waals surface area contributed by atoms with Gasteiger partial charge in [-0.2, -0.15) is 0 Å².